The normalized spacial score (nSPS) is 24.7. The molecule has 0 saturated carbocycles. The van der Waals surface area contributed by atoms with Crippen LogP contribution in [0.25, 0.3) is 0 Å². The van der Waals surface area contributed by atoms with Gasteiger partial charge in [-0.15, -0.1) is 0 Å². The van der Waals surface area contributed by atoms with E-state index in [9.17, 15) is 9.59 Å². The molecule has 1 N–H and O–H groups in total. The summed E-state index contributed by atoms with van der Waals surface area (Å²) < 4.78 is 5.20. The first-order chi connectivity index (χ1) is 8.06. The lowest BCUT2D eigenvalue weighted by Gasteiger charge is -2.34. The highest BCUT2D eigenvalue weighted by molar-refractivity contribution is 5.78. The van der Waals surface area contributed by atoms with Crippen molar-refractivity contribution in [1.82, 2.24) is 4.90 Å². The number of carbonyl (C=O) groups is 2. The summed E-state index contributed by atoms with van der Waals surface area (Å²) >= 11 is 0. The molecule has 0 aromatic rings. The molecule has 0 bridgehead atoms. The molecule has 0 aliphatic carbocycles. The zero-order valence-electron chi connectivity index (χ0n) is 10.5. The van der Waals surface area contributed by atoms with Crippen LogP contribution in [-0.4, -0.2) is 48.2 Å². The van der Waals surface area contributed by atoms with Gasteiger partial charge < -0.3 is 14.7 Å². The van der Waals surface area contributed by atoms with Gasteiger partial charge in [0.2, 0.25) is 5.91 Å². The van der Waals surface area contributed by atoms with Crippen molar-refractivity contribution in [1.29, 1.82) is 0 Å². The molecule has 17 heavy (non-hydrogen) atoms. The Kier molecular flexibility index (Phi) is 5.41. The van der Waals surface area contributed by atoms with Crippen molar-refractivity contribution in [2.24, 2.45) is 11.8 Å². The summed E-state index contributed by atoms with van der Waals surface area (Å²) in [4.78, 5) is 24.4. The SMILES string of the molecule is CCCOCC(=O)N1CC[C@H](C(=O)O)[C@H](C)C1. The smallest absolute Gasteiger partial charge is 0.306 e. The first kappa shape index (κ1) is 14.0. The molecule has 0 radical (unpaired) electrons. The van der Waals surface area contributed by atoms with Crippen molar-refractivity contribution in [2.75, 3.05) is 26.3 Å². The average Bonchev–Trinajstić information content (AvgIpc) is 2.28. The van der Waals surface area contributed by atoms with E-state index in [2.05, 4.69) is 0 Å². The molecule has 1 heterocycles. The minimum atomic E-state index is -0.758. The topological polar surface area (TPSA) is 66.8 Å². The third-order valence-electron chi connectivity index (χ3n) is 3.15. The molecule has 1 amide bonds. The molecule has 1 aliphatic heterocycles. The third-order valence-corrected chi connectivity index (χ3v) is 3.15. The minimum absolute atomic E-state index is 0.0105. The summed E-state index contributed by atoms with van der Waals surface area (Å²) in [6.07, 6.45) is 1.43. The number of rotatable bonds is 5. The van der Waals surface area contributed by atoms with E-state index in [1.54, 1.807) is 4.90 Å². The average molecular weight is 243 g/mol. The number of amides is 1. The maximum absolute atomic E-state index is 11.7. The summed E-state index contributed by atoms with van der Waals surface area (Å²) in [5.41, 5.74) is 0. The Bertz CT molecular complexity index is 280. The van der Waals surface area contributed by atoms with Crippen molar-refractivity contribution in [3.05, 3.63) is 0 Å². The fourth-order valence-electron chi connectivity index (χ4n) is 2.13. The van der Waals surface area contributed by atoms with Gasteiger partial charge >= 0.3 is 5.97 Å². The highest BCUT2D eigenvalue weighted by Gasteiger charge is 2.32. The fourth-order valence-corrected chi connectivity index (χ4v) is 2.13. The predicted octanol–water partition coefficient (Wildman–Crippen LogP) is 0.982. The quantitative estimate of drug-likeness (QED) is 0.731. The molecule has 5 nitrogen and oxygen atoms in total. The molecule has 1 saturated heterocycles. The van der Waals surface area contributed by atoms with E-state index < -0.39 is 5.97 Å². The second-order valence-corrected chi connectivity index (χ2v) is 4.60. The van der Waals surface area contributed by atoms with Gasteiger partial charge in [0.15, 0.2) is 0 Å². The maximum Gasteiger partial charge on any atom is 0.306 e. The molecule has 1 rings (SSSR count). The van der Waals surface area contributed by atoms with Crippen LogP contribution >= 0.6 is 0 Å². The number of nitrogens with zero attached hydrogens (tertiary/aromatic N) is 1. The summed E-state index contributed by atoms with van der Waals surface area (Å²) in [6.45, 7) is 5.61. The van der Waals surface area contributed by atoms with Crippen molar-refractivity contribution >= 4 is 11.9 Å². The third kappa shape index (κ3) is 4.00. The van der Waals surface area contributed by atoms with Gasteiger partial charge in [0, 0.05) is 19.7 Å². The lowest BCUT2D eigenvalue weighted by molar-refractivity contribution is -0.149. The van der Waals surface area contributed by atoms with Crippen LogP contribution in [-0.2, 0) is 14.3 Å². The van der Waals surface area contributed by atoms with Crippen LogP contribution in [0.3, 0.4) is 0 Å². The highest BCUT2D eigenvalue weighted by Crippen LogP contribution is 2.23. The number of piperidine rings is 1. The first-order valence-electron chi connectivity index (χ1n) is 6.14. The Hall–Kier alpha value is -1.10. The highest BCUT2D eigenvalue weighted by atomic mass is 16.5. The Labute approximate surface area is 102 Å². The molecular weight excluding hydrogens is 222 g/mol. The van der Waals surface area contributed by atoms with E-state index >= 15 is 0 Å². The molecule has 0 spiro atoms. The summed E-state index contributed by atoms with van der Waals surface area (Å²) in [5, 5.41) is 8.98. The fraction of sp³-hybridized carbons (Fsp3) is 0.833. The summed E-state index contributed by atoms with van der Waals surface area (Å²) in [6, 6.07) is 0. The predicted molar refractivity (Wildman–Crippen MR) is 62.6 cm³/mol. The van der Waals surface area contributed by atoms with Crippen LogP contribution < -0.4 is 0 Å². The zero-order chi connectivity index (χ0) is 12.8. The largest absolute Gasteiger partial charge is 0.481 e. The number of hydrogen-bond donors (Lipinski definition) is 1. The van der Waals surface area contributed by atoms with Crippen molar-refractivity contribution in [2.45, 2.75) is 26.7 Å². The van der Waals surface area contributed by atoms with E-state index in [0.29, 0.717) is 26.1 Å². The van der Waals surface area contributed by atoms with Crippen LogP contribution in [0.2, 0.25) is 0 Å². The molecule has 1 aliphatic rings. The molecule has 0 aromatic heterocycles. The van der Waals surface area contributed by atoms with Crippen LogP contribution in [0.4, 0.5) is 0 Å². The molecule has 0 aromatic carbocycles. The minimum Gasteiger partial charge on any atom is -0.481 e. The lowest BCUT2D eigenvalue weighted by atomic mass is 9.87. The van der Waals surface area contributed by atoms with Gasteiger partial charge in [-0.2, -0.15) is 0 Å². The van der Waals surface area contributed by atoms with Crippen LogP contribution in [0.15, 0.2) is 0 Å². The molecule has 2 atom stereocenters. The van der Waals surface area contributed by atoms with Crippen molar-refractivity contribution < 1.29 is 19.4 Å². The van der Waals surface area contributed by atoms with E-state index in [-0.39, 0.29) is 24.3 Å². The molecule has 1 fully saturated rings. The second-order valence-electron chi connectivity index (χ2n) is 4.60. The number of ether oxygens (including phenoxy) is 1. The van der Waals surface area contributed by atoms with Gasteiger partial charge in [-0.25, -0.2) is 0 Å². The van der Waals surface area contributed by atoms with E-state index in [1.807, 2.05) is 13.8 Å². The summed E-state index contributed by atoms with van der Waals surface area (Å²) in [7, 11) is 0. The molecule has 98 valence electrons. The summed E-state index contributed by atoms with van der Waals surface area (Å²) in [5.74, 6) is -1.10. The zero-order valence-corrected chi connectivity index (χ0v) is 10.5. The monoisotopic (exact) mass is 243 g/mol. The van der Waals surface area contributed by atoms with Crippen molar-refractivity contribution in [3.8, 4) is 0 Å². The number of aliphatic carboxylic acids is 1. The number of hydrogen-bond acceptors (Lipinski definition) is 3. The van der Waals surface area contributed by atoms with Gasteiger partial charge in [0.05, 0.1) is 5.92 Å². The van der Waals surface area contributed by atoms with Gasteiger partial charge in [-0.3, -0.25) is 9.59 Å². The second kappa shape index (κ2) is 6.59. The van der Waals surface area contributed by atoms with E-state index in [0.717, 1.165) is 6.42 Å². The number of likely N-dealkylation sites (tertiary alicyclic amines) is 1. The van der Waals surface area contributed by atoms with Gasteiger partial charge in [-0.05, 0) is 18.8 Å². The number of carboxylic acids is 1. The standard InChI is InChI=1S/C12H21NO4/c1-3-6-17-8-11(14)13-5-4-10(12(15)16)9(2)7-13/h9-10H,3-8H2,1-2H3,(H,15,16)/t9-,10+/m1/s1. The van der Waals surface area contributed by atoms with Crippen LogP contribution in [0, 0.1) is 11.8 Å². The van der Waals surface area contributed by atoms with Gasteiger partial charge in [0.1, 0.15) is 6.61 Å². The number of carbonyl (C=O) groups excluding carboxylic acids is 1. The van der Waals surface area contributed by atoms with Crippen LogP contribution in [0.1, 0.15) is 26.7 Å². The Balaban J connectivity index is 2.38. The van der Waals surface area contributed by atoms with E-state index in [1.165, 1.54) is 0 Å². The van der Waals surface area contributed by atoms with E-state index in [4.69, 9.17) is 9.84 Å². The molecule has 0 unspecified atom stereocenters. The number of carboxylic acid groups (broad SMARTS) is 1. The molecule has 5 heteroatoms. The maximum atomic E-state index is 11.7. The molecular formula is C12H21NO4. The first-order valence-corrected chi connectivity index (χ1v) is 6.14. The van der Waals surface area contributed by atoms with Gasteiger partial charge in [0.25, 0.3) is 0 Å². The lowest BCUT2D eigenvalue weighted by Crippen LogP contribution is -2.46. The van der Waals surface area contributed by atoms with Crippen LogP contribution in [0.5, 0.6) is 0 Å². The van der Waals surface area contributed by atoms with Gasteiger partial charge in [-0.1, -0.05) is 13.8 Å². The Morgan fingerprint density at radius 1 is 1.47 bits per heavy atom. The van der Waals surface area contributed by atoms with Crippen molar-refractivity contribution in [3.63, 3.8) is 0 Å². The Morgan fingerprint density at radius 3 is 2.71 bits per heavy atom. The Morgan fingerprint density at radius 2 is 2.18 bits per heavy atom.